The van der Waals surface area contributed by atoms with E-state index in [0.29, 0.717) is 24.6 Å². The minimum atomic E-state index is -0.953. The van der Waals surface area contributed by atoms with Gasteiger partial charge in [-0.1, -0.05) is 0 Å². The minimum absolute atomic E-state index is 0.256. The van der Waals surface area contributed by atoms with Gasteiger partial charge in [-0.15, -0.1) is 0 Å². The average molecular weight is 254 g/mol. The number of carbonyl (C=O) groups is 1. The average Bonchev–Trinajstić information content (AvgIpc) is 2.37. The van der Waals surface area contributed by atoms with Crippen molar-refractivity contribution in [3.63, 3.8) is 0 Å². The van der Waals surface area contributed by atoms with Crippen LogP contribution in [0.4, 0.5) is 15.1 Å². The number of rotatable bonds is 3. The summed E-state index contributed by atoms with van der Waals surface area (Å²) < 4.78 is 12.4. The summed E-state index contributed by atoms with van der Waals surface area (Å²) in [6.07, 6.45) is 1.33. The molecule has 1 aromatic heterocycles. The fourth-order valence-corrected chi connectivity index (χ4v) is 1.79. The van der Waals surface area contributed by atoms with E-state index in [1.165, 1.54) is 4.90 Å². The first-order valence-electron chi connectivity index (χ1n) is 5.75. The number of aromatic nitrogens is 2. The smallest absolute Gasteiger partial charge is 0.407 e. The van der Waals surface area contributed by atoms with Crippen LogP contribution in [-0.4, -0.2) is 45.3 Å². The molecule has 0 spiro atoms. The highest BCUT2D eigenvalue weighted by Crippen LogP contribution is 2.17. The number of alkyl halides is 1. The first-order valence-corrected chi connectivity index (χ1v) is 5.75. The molecule has 0 bridgehead atoms. The van der Waals surface area contributed by atoms with Crippen LogP contribution in [0.3, 0.4) is 0 Å². The van der Waals surface area contributed by atoms with Crippen molar-refractivity contribution in [3.05, 3.63) is 17.5 Å². The summed E-state index contributed by atoms with van der Waals surface area (Å²) in [5.41, 5.74) is 1.64. The number of nitrogens with one attached hydrogen (secondary N) is 1. The Morgan fingerprint density at radius 3 is 3.17 bits per heavy atom. The van der Waals surface area contributed by atoms with E-state index in [1.807, 2.05) is 0 Å². The predicted molar refractivity (Wildman–Crippen MR) is 63.2 cm³/mol. The Hall–Kier alpha value is -1.92. The molecule has 0 saturated carbocycles. The highest BCUT2D eigenvalue weighted by atomic mass is 19.1. The van der Waals surface area contributed by atoms with Gasteiger partial charge in [0.15, 0.2) is 0 Å². The number of nitrogens with zero attached hydrogens (tertiary/aromatic N) is 3. The number of fused-ring (bicyclic) bond motifs is 1. The van der Waals surface area contributed by atoms with Crippen LogP contribution in [0.15, 0.2) is 6.20 Å². The van der Waals surface area contributed by atoms with Crippen molar-refractivity contribution in [3.8, 4) is 0 Å². The summed E-state index contributed by atoms with van der Waals surface area (Å²) in [6, 6.07) is -0.359. The summed E-state index contributed by atoms with van der Waals surface area (Å²) in [4.78, 5) is 20.5. The van der Waals surface area contributed by atoms with Crippen LogP contribution in [0.1, 0.15) is 18.2 Å². The van der Waals surface area contributed by atoms with Gasteiger partial charge in [-0.05, 0) is 18.9 Å². The molecule has 1 aromatic rings. The van der Waals surface area contributed by atoms with Gasteiger partial charge >= 0.3 is 6.09 Å². The van der Waals surface area contributed by atoms with Crippen LogP contribution < -0.4 is 5.32 Å². The van der Waals surface area contributed by atoms with Crippen molar-refractivity contribution < 1.29 is 14.3 Å². The molecule has 18 heavy (non-hydrogen) atoms. The molecule has 0 aliphatic carbocycles. The molecule has 0 aromatic carbocycles. The fraction of sp³-hybridized carbons (Fsp3) is 0.545. The molecule has 2 heterocycles. The van der Waals surface area contributed by atoms with Crippen molar-refractivity contribution in [2.24, 2.45) is 0 Å². The van der Waals surface area contributed by atoms with Crippen LogP contribution in [0.5, 0.6) is 0 Å². The van der Waals surface area contributed by atoms with Crippen LogP contribution in [0, 0.1) is 0 Å². The third kappa shape index (κ3) is 2.66. The predicted octanol–water partition coefficient (Wildman–Crippen LogP) is 1.28. The van der Waals surface area contributed by atoms with Gasteiger partial charge in [0.1, 0.15) is 6.67 Å². The second kappa shape index (κ2) is 5.16. The Balaban J connectivity index is 2.15. The summed E-state index contributed by atoms with van der Waals surface area (Å²) >= 11 is 0. The zero-order valence-electron chi connectivity index (χ0n) is 10.1. The second-order valence-electron chi connectivity index (χ2n) is 4.32. The molecule has 2 rings (SSSR count). The highest BCUT2D eigenvalue weighted by molar-refractivity contribution is 5.65. The summed E-state index contributed by atoms with van der Waals surface area (Å²) in [7, 11) is 0. The Morgan fingerprint density at radius 1 is 1.72 bits per heavy atom. The zero-order chi connectivity index (χ0) is 13.1. The van der Waals surface area contributed by atoms with Gasteiger partial charge in [-0.25, -0.2) is 19.2 Å². The lowest BCUT2D eigenvalue weighted by molar-refractivity contribution is 0.139. The maximum absolute atomic E-state index is 12.4. The van der Waals surface area contributed by atoms with E-state index in [0.717, 1.165) is 5.56 Å². The van der Waals surface area contributed by atoms with Crippen LogP contribution in [0.25, 0.3) is 0 Å². The van der Waals surface area contributed by atoms with Crippen molar-refractivity contribution in [1.82, 2.24) is 14.9 Å². The number of hydrogen-bond acceptors (Lipinski definition) is 4. The van der Waals surface area contributed by atoms with Crippen molar-refractivity contribution in [2.45, 2.75) is 25.9 Å². The standard InChI is InChI=1S/C11H15FN4O2/c1-7(4-12)14-10-13-5-8-2-3-16(11(17)18)6-9(8)15-10/h5,7H,2-4,6H2,1H3,(H,17,18)(H,13,14,15)/t7-/m0/s1. The Kier molecular flexibility index (Phi) is 3.59. The van der Waals surface area contributed by atoms with Gasteiger partial charge in [0, 0.05) is 12.7 Å². The normalized spacial score (nSPS) is 16.0. The van der Waals surface area contributed by atoms with E-state index in [9.17, 15) is 9.18 Å². The van der Waals surface area contributed by atoms with Crippen LogP contribution in [-0.2, 0) is 13.0 Å². The van der Waals surface area contributed by atoms with Gasteiger partial charge in [0.25, 0.3) is 0 Å². The highest BCUT2D eigenvalue weighted by Gasteiger charge is 2.21. The number of halogens is 1. The summed E-state index contributed by atoms with van der Waals surface area (Å²) in [5.74, 6) is 0.339. The molecule has 0 fully saturated rings. The number of carboxylic acid groups (broad SMARTS) is 1. The molecule has 0 radical (unpaired) electrons. The molecule has 2 N–H and O–H groups in total. The Morgan fingerprint density at radius 2 is 2.50 bits per heavy atom. The second-order valence-corrected chi connectivity index (χ2v) is 4.32. The molecule has 98 valence electrons. The molecule has 1 aliphatic heterocycles. The third-order valence-electron chi connectivity index (χ3n) is 2.82. The van der Waals surface area contributed by atoms with E-state index < -0.39 is 12.8 Å². The third-order valence-corrected chi connectivity index (χ3v) is 2.82. The van der Waals surface area contributed by atoms with Crippen molar-refractivity contribution in [2.75, 3.05) is 18.5 Å². The molecular formula is C11H15FN4O2. The first kappa shape index (κ1) is 12.5. The van der Waals surface area contributed by atoms with E-state index in [2.05, 4.69) is 15.3 Å². The van der Waals surface area contributed by atoms with Gasteiger partial charge in [-0.3, -0.25) is 0 Å². The van der Waals surface area contributed by atoms with Crippen LogP contribution >= 0.6 is 0 Å². The number of hydrogen-bond donors (Lipinski definition) is 2. The topological polar surface area (TPSA) is 78.4 Å². The lowest BCUT2D eigenvalue weighted by Gasteiger charge is -2.25. The van der Waals surface area contributed by atoms with E-state index in [4.69, 9.17) is 5.11 Å². The van der Waals surface area contributed by atoms with Gasteiger partial charge < -0.3 is 15.3 Å². The van der Waals surface area contributed by atoms with Gasteiger partial charge in [-0.2, -0.15) is 0 Å². The molecule has 6 nitrogen and oxygen atoms in total. The van der Waals surface area contributed by atoms with Crippen molar-refractivity contribution in [1.29, 1.82) is 0 Å². The van der Waals surface area contributed by atoms with E-state index in [1.54, 1.807) is 13.1 Å². The Labute approximate surface area is 104 Å². The number of amides is 1. The number of anilines is 1. The van der Waals surface area contributed by atoms with Gasteiger partial charge in [0.05, 0.1) is 18.3 Å². The molecule has 0 saturated heterocycles. The monoisotopic (exact) mass is 254 g/mol. The van der Waals surface area contributed by atoms with E-state index >= 15 is 0 Å². The molecule has 1 amide bonds. The van der Waals surface area contributed by atoms with E-state index in [-0.39, 0.29) is 12.6 Å². The quantitative estimate of drug-likeness (QED) is 0.849. The lowest BCUT2D eigenvalue weighted by atomic mass is 10.1. The lowest BCUT2D eigenvalue weighted by Crippen LogP contribution is -2.35. The molecule has 1 atom stereocenters. The largest absolute Gasteiger partial charge is 0.465 e. The molecule has 1 aliphatic rings. The fourth-order valence-electron chi connectivity index (χ4n) is 1.79. The van der Waals surface area contributed by atoms with Crippen molar-refractivity contribution >= 4 is 12.0 Å². The Bertz CT molecular complexity index is 455. The molecule has 7 heteroatoms. The first-order chi connectivity index (χ1) is 8.60. The zero-order valence-corrected chi connectivity index (χ0v) is 10.1. The minimum Gasteiger partial charge on any atom is -0.465 e. The summed E-state index contributed by atoms with van der Waals surface area (Å²) in [5, 5.41) is 11.8. The maximum Gasteiger partial charge on any atom is 0.407 e. The molecular weight excluding hydrogens is 239 g/mol. The SMILES string of the molecule is C[C@@H](CF)Nc1ncc2c(n1)CN(C(=O)O)CC2. The van der Waals surface area contributed by atoms with Gasteiger partial charge in [0.2, 0.25) is 5.95 Å². The van der Waals surface area contributed by atoms with Crippen LogP contribution in [0.2, 0.25) is 0 Å². The summed E-state index contributed by atoms with van der Waals surface area (Å²) in [6.45, 7) is 1.89. The molecule has 0 unspecified atom stereocenters. The maximum atomic E-state index is 12.4.